The van der Waals surface area contributed by atoms with E-state index in [0.29, 0.717) is 13.4 Å². The molecule has 0 aliphatic carbocycles. The van der Waals surface area contributed by atoms with Gasteiger partial charge in [-0.05, 0) is 6.07 Å². The molecule has 12 nitrogen and oxygen atoms in total. The van der Waals surface area contributed by atoms with E-state index in [0.717, 1.165) is 143 Å². The van der Waals surface area contributed by atoms with Crippen molar-refractivity contribution in [3.8, 4) is 5.75 Å². The minimum atomic E-state index is 0.386. The lowest BCUT2D eigenvalue weighted by Crippen LogP contribution is -2.16. The van der Waals surface area contributed by atoms with Crippen LogP contribution >= 0.6 is 0 Å². The van der Waals surface area contributed by atoms with Crippen molar-refractivity contribution >= 4 is 0 Å². The maximum absolute atomic E-state index is 5.20. The number of para-hydroxylation sites is 1. The smallest absolute Gasteiger partial charge is 0.189 e. The van der Waals surface area contributed by atoms with Crippen molar-refractivity contribution < 1.29 is 56.8 Å². The SMILES string of the molecule is C1COCCO1.C1COCCO1.C1COCCO1.C1COCCO1.C1COCCO1.c1ccc2c(c1)COCO2. The summed E-state index contributed by atoms with van der Waals surface area (Å²) in [6.07, 6.45) is 0. The van der Waals surface area contributed by atoms with Crippen molar-refractivity contribution in [2.45, 2.75) is 6.61 Å². The molecule has 232 valence electrons. The maximum atomic E-state index is 5.20. The third-order valence-corrected chi connectivity index (χ3v) is 5.25. The number of rotatable bonds is 0. The van der Waals surface area contributed by atoms with Crippen LogP contribution in [0, 0.1) is 0 Å². The van der Waals surface area contributed by atoms with Gasteiger partial charge in [0.25, 0.3) is 0 Å². The van der Waals surface area contributed by atoms with Crippen LogP contribution in [0.5, 0.6) is 5.75 Å². The minimum absolute atomic E-state index is 0.386. The van der Waals surface area contributed by atoms with Gasteiger partial charge in [-0.1, -0.05) is 18.2 Å². The summed E-state index contributed by atoms with van der Waals surface area (Å²) < 4.78 is 59.7. The van der Waals surface area contributed by atoms with E-state index in [-0.39, 0.29) is 0 Å². The second-order valence-corrected chi connectivity index (χ2v) is 8.34. The molecular formula is C28H48O12. The normalized spacial score (nSPS) is 21.9. The lowest BCUT2D eigenvalue weighted by molar-refractivity contribution is -0.0334. The van der Waals surface area contributed by atoms with Crippen molar-refractivity contribution in [2.24, 2.45) is 0 Å². The highest BCUT2D eigenvalue weighted by Gasteiger charge is 2.07. The van der Waals surface area contributed by atoms with E-state index in [1.807, 2.05) is 24.3 Å². The first-order valence-electron chi connectivity index (χ1n) is 14.0. The fourth-order valence-electron chi connectivity index (χ4n) is 3.22. The van der Waals surface area contributed by atoms with Gasteiger partial charge in [-0.25, -0.2) is 0 Å². The lowest BCUT2D eigenvalue weighted by Gasteiger charge is -2.16. The largest absolute Gasteiger partial charge is 0.467 e. The van der Waals surface area contributed by atoms with Gasteiger partial charge in [0, 0.05) is 5.56 Å². The molecule has 0 saturated carbocycles. The zero-order chi connectivity index (χ0) is 28.0. The summed E-state index contributed by atoms with van der Waals surface area (Å²) in [6, 6.07) is 7.91. The van der Waals surface area contributed by atoms with Gasteiger partial charge < -0.3 is 56.8 Å². The van der Waals surface area contributed by atoms with Crippen LogP contribution in [0.15, 0.2) is 24.3 Å². The van der Waals surface area contributed by atoms with E-state index in [9.17, 15) is 0 Å². The Kier molecular flexibility index (Phi) is 24.1. The van der Waals surface area contributed by atoms with E-state index >= 15 is 0 Å². The van der Waals surface area contributed by atoms with Gasteiger partial charge in [-0.3, -0.25) is 0 Å². The summed E-state index contributed by atoms with van der Waals surface area (Å²) in [5.74, 6) is 0.953. The summed E-state index contributed by atoms with van der Waals surface area (Å²) in [7, 11) is 0. The summed E-state index contributed by atoms with van der Waals surface area (Å²) >= 11 is 0. The van der Waals surface area contributed by atoms with Crippen LogP contribution in [-0.4, -0.2) is 139 Å². The number of hydrogen-bond donors (Lipinski definition) is 0. The van der Waals surface area contributed by atoms with E-state index in [2.05, 4.69) is 0 Å². The Morgan fingerprint density at radius 2 is 0.600 bits per heavy atom. The molecule has 0 N–H and O–H groups in total. The van der Waals surface area contributed by atoms with Gasteiger partial charge in [0.1, 0.15) is 5.75 Å². The molecular weight excluding hydrogens is 528 g/mol. The van der Waals surface area contributed by atoms with Gasteiger partial charge in [0.2, 0.25) is 0 Å². The van der Waals surface area contributed by atoms with Crippen molar-refractivity contribution in [2.75, 3.05) is 139 Å². The molecule has 6 aliphatic heterocycles. The fourth-order valence-corrected chi connectivity index (χ4v) is 3.22. The summed E-state index contributed by atoms with van der Waals surface area (Å²) in [5, 5.41) is 0. The first-order chi connectivity index (χ1) is 20.0. The van der Waals surface area contributed by atoms with E-state index in [1.165, 1.54) is 0 Å². The number of fused-ring (bicyclic) bond motifs is 1. The van der Waals surface area contributed by atoms with Crippen molar-refractivity contribution in [3.63, 3.8) is 0 Å². The van der Waals surface area contributed by atoms with Crippen LogP contribution in [0.4, 0.5) is 0 Å². The highest BCUT2D eigenvalue weighted by molar-refractivity contribution is 5.33. The molecule has 1 aromatic rings. The molecule has 0 unspecified atom stereocenters. The van der Waals surface area contributed by atoms with Crippen LogP contribution < -0.4 is 4.74 Å². The molecule has 12 heteroatoms. The van der Waals surface area contributed by atoms with Crippen molar-refractivity contribution in [1.29, 1.82) is 0 Å². The first kappa shape index (κ1) is 34.8. The minimum Gasteiger partial charge on any atom is -0.467 e. The molecule has 0 radical (unpaired) electrons. The third kappa shape index (κ3) is 21.3. The molecule has 0 atom stereocenters. The molecule has 0 amide bonds. The molecule has 6 heterocycles. The third-order valence-electron chi connectivity index (χ3n) is 5.25. The molecule has 0 aromatic heterocycles. The molecule has 1 aromatic carbocycles. The second kappa shape index (κ2) is 27.7. The number of ether oxygens (including phenoxy) is 12. The van der Waals surface area contributed by atoms with Gasteiger partial charge in [-0.2, -0.15) is 0 Å². The van der Waals surface area contributed by atoms with Crippen LogP contribution in [0.3, 0.4) is 0 Å². The van der Waals surface area contributed by atoms with Gasteiger partial charge >= 0.3 is 0 Å². The standard InChI is InChI=1S/C8H8O2.5C4H8O2/c1-2-4-8-7(3-1)5-9-6-10-8;5*1-2-6-4-3-5-1/h1-4H,5-6H2;5*1-4H2. The highest BCUT2D eigenvalue weighted by Crippen LogP contribution is 2.21. The molecule has 40 heavy (non-hydrogen) atoms. The average Bonchev–Trinajstić information content (AvgIpc) is 3.10. The van der Waals surface area contributed by atoms with Crippen LogP contribution in [0.1, 0.15) is 5.56 Å². The van der Waals surface area contributed by atoms with Crippen molar-refractivity contribution in [1.82, 2.24) is 0 Å². The van der Waals surface area contributed by atoms with Crippen molar-refractivity contribution in [3.05, 3.63) is 29.8 Å². The zero-order valence-electron chi connectivity index (χ0n) is 23.8. The predicted molar refractivity (Wildman–Crippen MR) is 145 cm³/mol. The van der Waals surface area contributed by atoms with E-state index in [1.54, 1.807) is 0 Å². The Morgan fingerprint density at radius 3 is 0.850 bits per heavy atom. The molecule has 6 aliphatic rings. The Morgan fingerprint density at radius 1 is 0.325 bits per heavy atom. The first-order valence-corrected chi connectivity index (χ1v) is 14.0. The molecule has 5 saturated heterocycles. The number of benzene rings is 1. The lowest BCUT2D eigenvalue weighted by atomic mass is 10.2. The zero-order valence-corrected chi connectivity index (χ0v) is 23.8. The molecule has 5 fully saturated rings. The van der Waals surface area contributed by atoms with E-state index in [4.69, 9.17) is 56.8 Å². The summed E-state index contributed by atoms with van der Waals surface area (Å²) in [4.78, 5) is 0. The van der Waals surface area contributed by atoms with Crippen LogP contribution in [0.25, 0.3) is 0 Å². The fraction of sp³-hybridized carbons (Fsp3) is 0.786. The molecule has 7 rings (SSSR count). The monoisotopic (exact) mass is 576 g/mol. The quantitative estimate of drug-likeness (QED) is 0.448. The Bertz CT molecular complexity index is 494. The molecule has 0 spiro atoms. The Labute approximate surface area is 238 Å². The highest BCUT2D eigenvalue weighted by atomic mass is 16.7. The van der Waals surface area contributed by atoms with Crippen LogP contribution in [-0.2, 0) is 58.7 Å². The number of hydrogen-bond acceptors (Lipinski definition) is 12. The summed E-state index contributed by atoms with van der Waals surface area (Å²) in [6.45, 7) is 16.6. The second-order valence-electron chi connectivity index (χ2n) is 8.34. The van der Waals surface area contributed by atoms with E-state index < -0.39 is 0 Å². The topological polar surface area (TPSA) is 111 Å². The van der Waals surface area contributed by atoms with Crippen LogP contribution in [0.2, 0.25) is 0 Å². The summed E-state index contributed by atoms with van der Waals surface area (Å²) in [5.41, 5.74) is 1.13. The Hall–Kier alpha value is -1.42. The Balaban J connectivity index is 0.000000171. The predicted octanol–water partition coefficient (Wildman–Crippen LogP) is 1.72. The maximum Gasteiger partial charge on any atom is 0.189 e. The van der Waals surface area contributed by atoms with Gasteiger partial charge in [-0.15, -0.1) is 0 Å². The van der Waals surface area contributed by atoms with Gasteiger partial charge in [0.05, 0.1) is 139 Å². The van der Waals surface area contributed by atoms with Gasteiger partial charge in [0.15, 0.2) is 6.79 Å². The average molecular weight is 577 g/mol. The molecule has 0 bridgehead atoms.